The van der Waals surface area contributed by atoms with Crippen LogP contribution >= 0.6 is 0 Å². The summed E-state index contributed by atoms with van der Waals surface area (Å²) in [4.78, 5) is 2.62. The van der Waals surface area contributed by atoms with E-state index in [-0.39, 0.29) is 6.10 Å². The molecule has 0 aromatic carbocycles. The monoisotopic (exact) mass is 295 g/mol. The average molecular weight is 296 g/mol. The van der Waals surface area contributed by atoms with E-state index in [1.165, 1.54) is 38.8 Å². The molecular weight excluding hydrogens is 258 g/mol. The Morgan fingerprint density at radius 3 is 2.19 bits per heavy atom. The number of aliphatic hydroxyl groups is 1. The van der Waals surface area contributed by atoms with Gasteiger partial charge in [-0.05, 0) is 74.3 Å². The molecule has 21 heavy (non-hydrogen) atoms. The van der Waals surface area contributed by atoms with Gasteiger partial charge in [0.15, 0.2) is 0 Å². The highest BCUT2D eigenvalue weighted by Crippen LogP contribution is 2.37. The van der Waals surface area contributed by atoms with Crippen LogP contribution in [-0.4, -0.2) is 35.7 Å². The third kappa shape index (κ3) is 4.69. The predicted octanol–water partition coefficient (Wildman–Crippen LogP) is 4.18. The van der Waals surface area contributed by atoms with Crippen LogP contribution in [0.2, 0.25) is 0 Å². The van der Waals surface area contributed by atoms with Gasteiger partial charge in [-0.2, -0.15) is 0 Å². The number of rotatable bonds is 3. The first-order chi connectivity index (χ1) is 9.77. The highest BCUT2D eigenvalue weighted by Gasteiger charge is 2.34. The van der Waals surface area contributed by atoms with E-state index in [0.717, 1.165) is 30.7 Å². The molecule has 0 amide bonds. The maximum absolute atomic E-state index is 10.4. The van der Waals surface area contributed by atoms with E-state index in [0.29, 0.717) is 11.3 Å². The van der Waals surface area contributed by atoms with Crippen molar-refractivity contribution >= 4 is 0 Å². The predicted molar refractivity (Wildman–Crippen MR) is 90.3 cm³/mol. The smallest absolute Gasteiger partial charge is 0.0580 e. The third-order valence-corrected chi connectivity index (χ3v) is 6.23. The van der Waals surface area contributed by atoms with Crippen LogP contribution in [0.4, 0.5) is 0 Å². The molecule has 1 saturated heterocycles. The Morgan fingerprint density at radius 1 is 1.05 bits per heavy atom. The standard InChI is InChI=1S/C19H37NO/c1-14(2)15-6-7-18(21)16(12-15)13-20-10-8-17(9-11-20)19(3,4)5/h14-18,21H,6-13H2,1-5H3. The zero-order valence-corrected chi connectivity index (χ0v) is 14.9. The Morgan fingerprint density at radius 2 is 1.67 bits per heavy atom. The fraction of sp³-hybridized carbons (Fsp3) is 1.00. The lowest BCUT2D eigenvalue weighted by Crippen LogP contribution is -2.44. The molecule has 1 aliphatic carbocycles. The minimum absolute atomic E-state index is 0.0552. The molecule has 2 rings (SSSR count). The summed E-state index contributed by atoms with van der Waals surface area (Å²) >= 11 is 0. The van der Waals surface area contributed by atoms with Gasteiger partial charge in [0.1, 0.15) is 0 Å². The van der Waals surface area contributed by atoms with E-state index in [1.54, 1.807) is 0 Å². The molecule has 1 heterocycles. The van der Waals surface area contributed by atoms with Crippen molar-refractivity contribution in [2.24, 2.45) is 29.1 Å². The lowest BCUT2D eigenvalue weighted by Gasteiger charge is -2.42. The fourth-order valence-electron chi connectivity index (χ4n) is 4.40. The molecule has 2 heteroatoms. The molecule has 0 radical (unpaired) electrons. The first kappa shape index (κ1) is 17.3. The van der Waals surface area contributed by atoms with Crippen molar-refractivity contribution in [3.63, 3.8) is 0 Å². The first-order valence-corrected chi connectivity index (χ1v) is 9.17. The number of likely N-dealkylation sites (tertiary alicyclic amines) is 1. The highest BCUT2D eigenvalue weighted by atomic mass is 16.3. The molecule has 1 aliphatic heterocycles. The van der Waals surface area contributed by atoms with Crippen LogP contribution in [0.1, 0.15) is 66.7 Å². The van der Waals surface area contributed by atoms with Gasteiger partial charge in [-0.25, -0.2) is 0 Å². The van der Waals surface area contributed by atoms with Crippen molar-refractivity contribution in [2.45, 2.75) is 72.8 Å². The third-order valence-electron chi connectivity index (χ3n) is 6.23. The normalized spacial score (nSPS) is 33.6. The summed E-state index contributed by atoms with van der Waals surface area (Å²) in [5.41, 5.74) is 0.458. The Kier molecular flexibility index (Phi) is 5.76. The highest BCUT2D eigenvalue weighted by molar-refractivity contribution is 4.86. The number of hydrogen-bond donors (Lipinski definition) is 1. The molecule has 3 atom stereocenters. The largest absolute Gasteiger partial charge is 0.393 e. The summed E-state index contributed by atoms with van der Waals surface area (Å²) in [6.45, 7) is 15.4. The van der Waals surface area contributed by atoms with Crippen molar-refractivity contribution in [2.75, 3.05) is 19.6 Å². The van der Waals surface area contributed by atoms with Gasteiger partial charge < -0.3 is 10.0 Å². The Balaban J connectivity index is 1.82. The van der Waals surface area contributed by atoms with Crippen molar-refractivity contribution in [3.8, 4) is 0 Å². The molecule has 0 bridgehead atoms. The zero-order valence-electron chi connectivity index (χ0n) is 14.9. The van der Waals surface area contributed by atoms with Crippen molar-refractivity contribution in [1.82, 2.24) is 4.90 Å². The van der Waals surface area contributed by atoms with Crippen LogP contribution in [0, 0.1) is 29.1 Å². The van der Waals surface area contributed by atoms with Crippen LogP contribution in [-0.2, 0) is 0 Å². The Hall–Kier alpha value is -0.0800. The molecule has 3 unspecified atom stereocenters. The van der Waals surface area contributed by atoms with Gasteiger partial charge in [0, 0.05) is 6.54 Å². The van der Waals surface area contributed by atoms with E-state index in [2.05, 4.69) is 39.5 Å². The van der Waals surface area contributed by atoms with Crippen molar-refractivity contribution in [1.29, 1.82) is 0 Å². The maximum Gasteiger partial charge on any atom is 0.0580 e. The fourth-order valence-corrected chi connectivity index (χ4v) is 4.40. The second kappa shape index (κ2) is 7.00. The number of nitrogens with zero attached hydrogens (tertiary/aromatic N) is 1. The van der Waals surface area contributed by atoms with Gasteiger partial charge in [0.05, 0.1) is 6.10 Å². The van der Waals surface area contributed by atoms with Gasteiger partial charge >= 0.3 is 0 Å². The summed E-state index contributed by atoms with van der Waals surface area (Å²) < 4.78 is 0. The molecule has 0 aromatic heterocycles. The van der Waals surface area contributed by atoms with Gasteiger partial charge in [-0.3, -0.25) is 0 Å². The lowest BCUT2D eigenvalue weighted by atomic mass is 9.73. The lowest BCUT2D eigenvalue weighted by molar-refractivity contribution is 0.00785. The van der Waals surface area contributed by atoms with Crippen molar-refractivity contribution < 1.29 is 5.11 Å². The molecule has 0 aromatic rings. The molecular formula is C19H37NO. The van der Waals surface area contributed by atoms with E-state index >= 15 is 0 Å². The van der Waals surface area contributed by atoms with E-state index in [9.17, 15) is 5.11 Å². The second-order valence-corrected chi connectivity index (χ2v) is 9.09. The number of aliphatic hydroxyl groups excluding tert-OH is 1. The van der Waals surface area contributed by atoms with Crippen LogP contribution in [0.5, 0.6) is 0 Å². The summed E-state index contributed by atoms with van der Waals surface area (Å²) in [6, 6.07) is 0. The average Bonchev–Trinajstić information content (AvgIpc) is 2.40. The van der Waals surface area contributed by atoms with E-state index in [4.69, 9.17) is 0 Å². The Labute approximate surface area is 132 Å². The zero-order chi connectivity index (χ0) is 15.6. The van der Waals surface area contributed by atoms with Gasteiger partial charge in [0.2, 0.25) is 0 Å². The van der Waals surface area contributed by atoms with E-state index in [1.807, 2.05) is 0 Å². The second-order valence-electron chi connectivity index (χ2n) is 9.09. The minimum atomic E-state index is -0.0552. The summed E-state index contributed by atoms with van der Waals surface area (Å²) in [5, 5.41) is 10.4. The quantitative estimate of drug-likeness (QED) is 0.844. The maximum atomic E-state index is 10.4. The number of piperidine rings is 1. The van der Waals surface area contributed by atoms with Gasteiger partial charge in [-0.1, -0.05) is 34.6 Å². The summed E-state index contributed by atoms with van der Waals surface area (Å²) in [7, 11) is 0. The van der Waals surface area contributed by atoms with Crippen LogP contribution < -0.4 is 0 Å². The SMILES string of the molecule is CC(C)C1CCC(O)C(CN2CCC(C(C)(C)C)CC2)C1. The molecule has 1 N–H and O–H groups in total. The van der Waals surface area contributed by atoms with Gasteiger partial charge in [0.25, 0.3) is 0 Å². The molecule has 2 aliphatic rings. The van der Waals surface area contributed by atoms with Crippen molar-refractivity contribution in [3.05, 3.63) is 0 Å². The van der Waals surface area contributed by atoms with Gasteiger partial charge in [-0.15, -0.1) is 0 Å². The van der Waals surface area contributed by atoms with Crippen LogP contribution in [0.25, 0.3) is 0 Å². The molecule has 2 nitrogen and oxygen atoms in total. The summed E-state index contributed by atoms with van der Waals surface area (Å²) in [5.74, 6) is 2.97. The van der Waals surface area contributed by atoms with Crippen LogP contribution in [0.15, 0.2) is 0 Å². The first-order valence-electron chi connectivity index (χ1n) is 9.17. The molecule has 1 saturated carbocycles. The number of hydrogen-bond acceptors (Lipinski definition) is 2. The molecule has 124 valence electrons. The summed E-state index contributed by atoms with van der Waals surface area (Å²) in [6.07, 6.45) is 6.09. The topological polar surface area (TPSA) is 23.5 Å². The molecule has 2 fully saturated rings. The molecule has 0 spiro atoms. The van der Waals surface area contributed by atoms with E-state index < -0.39 is 0 Å². The minimum Gasteiger partial charge on any atom is -0.393 e. The van der Waals surface area contributed by atoms with Crippen LogP contribution in [0.3, 0.4) is 0 Å². The Bertz CT molecular complexity index is 312.